The van der Waals surface area contributed by atoms with Crippen molar-refractivity contribution in [2.24, 2.45) is 21.9 Å². The Bertz CT molecular complexity index is 866. The van der Waals surface area contributed by atoms with Crippen LogP contribution in [0, 0.1) is 5.92 Å². The summed E-state index contributed by atoms with van der Waals surface area (Å²) >= 11 is 0. The molecule has 0 aliphatic carbocycles. The molecule has 148 valence electrons. The highest BCUT2D eigenvalue weighted by molar-refractivity contribution is 5.90. The van der Waals surface area contributed by atoms with E-state index in [2.05, 4.69) is 20.5 Å². The first kappa shape index (κ1) is 21.0. The number of hydrogen-bond acceptors (Lipinski definition) is 8. The maximum absolute atomic E-state index is 11.9. The Labute approximate surface area is 163 Å². The lowest BCUT2D eigenvalue weighted by molar-refractivity contribution is -0.135. The van der Waals surface area contributed by atoms with Crippen LogP contribution in [0.1, 0.15) is 26.7 Å². The highest BCUT2D eigenvalue weighted by Crippen LogP contribution is 2.31. The van der Waals surface area contributed by atoms with Crippen LogP contribution in [0.4, 0.5) is 23.0 Å². The van der Waals surface area contributed by atoms with Gasteiger partial charge in [-0.15, -0.1) is 10.2 Å². The van der Waals surface area contributed by atoms with Gasteiger partial charge in [-0.3, -0.25) is 9.59 Å². The molecule has 0 spiro atoms. The van der Waals surface area contributed by atoms with E-state index < -0.39 is 0 Å². The molecular weight excluding hydrogens is 360 g/mol. The number of nitrogens with one attached hydrogen (secondary N) is 1. The summed E-state index contributed by atoms with van der Waals surface area (Å²) < 4.78 is 5.36. The van der Waals surface area contributed by atoms with E-state index in [4.69, 9.17) is 16.2 Å². The standard InChI is InChI=1S/C19H24N6O3/c1-12(2)11-18(27)28-15-6-4-3-5-13(15)24-25-14-7-8-16(23-19(14)21)22-17(26)9-10-20/h3-8,12H,9-11,20H2,1-2H3,(H3,21,22,23,26). The van der Waals surface area contributed by atoms with Crippen molar-refractivity contribution in [1.82, 2.24) is 4.98 Å². The average molecular weight is 384 g/mol. The van der Waals surface area contributed by atoms with Crippen molar-refractivity contribution < 1.29 is 14.3 Å². The maximum atomic E-state index is 11.9. The molecule has 1 amide bonds. The van der Waals surface area contributed by atoms with Crippen molar-refractivity contribution in [3.63, 3.8) is 0 Å². The van der Waals surface area contributed by atoms with Crippen molar-refractivity contribution in [1.29, 1.82) is 0 Å². The Balaban J connectivity index is 2.13. The number of nitrogens with zero attached hydrogens (tertiary/aromatic N) is 3. The summed E-state index contributed by atoms with van der Waals surface area (Å²) in [6.07, 6.45) is 0.495. The number of para-hydroxylation sites is 1. The summed E-state index contributed by atoms with van der Waals surface area (Å²) in [5, 5.41) is 10.8. The lowest BCUT2D eigenvalue weighted by Gasteiger charge is -2.08. The molecule has 0 bridgehead atoms. The van der Waals surface area contributed by atoms with E-state index in [1.165, 1.54) is 0 Å². The molecule has 2 aromatic rings. The second kappa shape index (κ2) is 10.1. The van der Waals surface area contributed by atoms with Crippen LogP contribution < -0.4 is 21.5 Å². The number of esters is 1. The zero-order chi connectivity index (χ0) is 20.5. The number of rotatable bonds is 8. The lowest BCUT2D eigenvalue weighted by atomic mass is 10.1. The molecule has 9 heteroatoms. The Kier molecular flexibility index (Phi) is 7.58. The predicted octanol–water partition coefficient (Wildman–Crippen LogP) is 3.32. The van der Waals surface area contributed by atoms with Crippen LogP contribution in [0.3, 0.4) is 0 Å². The number of carbonyl (C=O) groups excluding carboxylic acids is 2. The summed E-state index contributed by atoms with van der Waals surface area (Å²) in [4.78, 5) is 27.5. The van der Waals surface area contributed by atoms with Gasteiger partial charge in [-0.25, -0.2) is 4.98 Å². The first-order valence-electron chi connectivity index (χ1n) is 8.87. The third-order valence-corrected chi connectivity index (χ3v) is 3.47. The number of ether oxygens (including phenoxy) is 1. The number of aromatic nitrogens is 1. The first-order chi connectivity index (χ1) is 13.4. The fourth-order valence-corrected chi connectivity index (χ4v) is 2.19. The summed E-state index contributed by atoms with van der Waals surface area (Å²) in [5.74, 6) is 0.323. The van der Waals surface area contributed by atoms with Crippen LogP contribution in [-0.4, -0.2) is 23.4 Å². The maximum Gasteiger partial charge on any atom is 0.311 e. The van der Waals surface area contributed by atoms with E-state index in [0.717, 1.165) is 0 Å². The van der Waals surface area contributed by atoms with E-state index >= 15 is 0 Å². The second-order valence-electron chi connectivity index (χ2n) is 6.43. The molecule has 0 saturated carbocycles. The second-order valence-corrected chi connectivity index (χ2v) is 6.43. The van der Waals surface area contributed by atoms with E-state index in [9.17, 15) is 9.59 Å². The Hall–Kier alpha value is -3.33. The summed E-state index contributed by atoms with van der Waals surface area (Å²) in [6.45, 7) is 4.12. The minimum Gasteiger partial charge on any atom is -0.424 e. The van der Waals surface area contributed by atoms with Crippen molar-refractivity contribution in [3.05, 3.63) is 36.4 Å². The number of carbonyl (C=O) groups is 2. The Morgan fingerprint density at radius 2 is 1.86 bits per heavy atom. The number of pyridine rings is 1. The largest absolute Gasteiger partial charge is 0.424 e. The van der Waals surface area contributed by atoms with E-state index in [-0.39, 0.29) is 36.6 Å². The Morgan fingerprint density at radius 1 is 1.14 bits per heavy atom. The lowest BCUT2D eigenvalue weighted by Crippen LogP contribution is -2.17. The van der Waals surface area contributed by atoms with Gasteiger partial charge in [0.15, 0.2) is 11.6 Å². The normalized spacial score (nSPS) is 11.0. The van der Waals surface area contributed by atoms with Gasteiger partial charge in [0.2, 0.25) is 5.91 Å². The average Bonchev–Trinajstić information content (AvgIpc) is 2.61. The summed E-state index contributed by atoms with van der Waals surface area (Å²) in [6, 6.07) is 9.96. The smallest absolute Gasteiger partial charge is 0.311 e. The summed E-state index contributed by atoms with van der Waals surface area (Å²) in [5.41, 5.74) is 11.9. The number of azo groups is 1. The molecule has 9 nitrogen and oxygen atoms in total. The van der Waals surface area contributed by atoms with E-state index in [1.807, 2.05) is 13.8 Å². The van der Waals surface area contributed by atoms with E-state index in [0.29, 0.717) is 29.4 Å². The van der Waals surface area contributed by atoms with Crippen LogP contribution in [0.25, 0.3) is 0 Å². The molecule has 2 rings (SSSR count). The van der Waals surface area contributed by atoms with E-state index in [1.54, 1.807) is 36.4 Å². The van der Waals surface area contributed by atoms with Crippen molar-refractivity contribution in [2.45, 2.75) is 26.7 Å². The van der Waals surface area contributed by atoms with Gasteiger partial charge in [-0.05, 0) is 30.2 Å². The topological polar surface area (TPSA) is 145 Å². The fraction of sp³-hybridized carbons (Fsp3) is 0.316. The third kappa shape index (κ3) is 6.44. The van der Waals surface area contributed by atoms with Gasteiger partial charge < -0.3 is 21.5 Å². The molecule has 0 fully saturated rings. The molecule has 28 heavy (non-hydrogen) atoms. The molecule has 0 unspecified atom stereocenters. The van der Waals surface area contributed by atoms with Gasteiger partial charge in [-0.2, -0.15) is 0 Å². The minimum absolute atomic E-state index is 0.101. The van der Waals surface area contributed by atoms with Gasteiger partial charge in [0, 0.05) is 19.4 Å². The highest BCUT2D eigenvalue weighted by atomic mass is 16.5. The van der Waals surface area contributed by atoms with Crippen LogP contribution in [-0.2, 0) is 9.59 Å². The number of hydrogen-bond donors (Lipinski definition) is 3. The van der Waals surface area contributed by atoms with Crippen LogP contribution in [0.5, 0.6) is 5.75 Å². The van der Waals surface area contributed by atoms with Gasteiger partial charge in [-0.1, -0.05) is 26.0 Å². The number of anilines is 2. The quantitative estimate of drug-likeness (QED) is 0.361. The molecule has 0 radical (unpaired) electrons. The van der Waals surface area contributed by atoms with Crippen molar-refractivity contribution in [2.75, 3.05) is 17.6 Å². The van der Waals surface area contributed by atoms with Crippen LogP contribution in [0.15, 0.2) is 46.6 Å². The van der Waals surface area contributed by atoms with Crippen LogP contribution >= 0.6 is 0 Å². The fourth-order valence-electron chi connectivity index (χ4n) is 2.19. The zero-order valence-electron chi connectivity index (χ0n) is 15.9. The van der Waals surface area contributed by atoms with Crippen molar-refractivity contribution >= 4 is 34.9 Å². The SMILES string of the molecule is CC(C)CC(=O)Oc1ccccc1N=Nc1ccc(NC(=O)CCN)nc1N. The van der Waals surface area contributed by atoms with Gasteiger partial charge in [0.1, 0.15) is 17.2 Å². The number of benzene rings is 1. The number of amides is 1. The minimum atomic E-state index is -0.337. The molecule has 1 aromatic carbocycles. The first-order valence-corrected chi connectivity index (χ1v) is 8.87. The van der Waals surface area contributed by atoms with Gasteiger partial charge in [0.25, 0.3) is 0 Å². The zero-order valence-corrected chi connectivity index (χ0v) is 15.9. The molecular formula is C19H24N6O3. The van der Waals surface area contributed by atoms with Crippen LogP contribution in [0.2, 0.25) is 0 Å². The highest BCUT2D eigenvalue weighted by Gasteiger charge is 2.11. The molecule has 5 N–H and O–H groups in total. The molecule has 1 heterocycles. The molecule has 0 atom stereocenters. The summed E-state index contributed by atoms with van der Waals surface area (Å²) in [7, 11) is 0. The van der Waals surface area contributed by atoms with Crippen molar-refractivity contribution in [3.8, 4) is 5.75 Å². The number of nitrogen functional groups attached to an aromatic ring is 1. The predicted molar refractivity (Wildman–Crippen MR) is 107 cm³/mol. The third-order valence-electron chi connectivity index (χ3n) is 3.47. The molecule has 1 aromatic heterocycles. The van der Waals surface area contributed by atoms with Gasteiger partial charge >= 0.3 is 5.97 Å². The number of nitrogens with two attached hydrogens (primary N) is 2. The molecule has 0 aliphatic heterocycles. The van der Waals surface area contributed by atoms with Gasteiger partial charge in [0.05, 0.1) is 0 Å². The Morgan fingerprint density at radius 3 is 2.54 bits per heavy atom. The molecule has 0 saturated heterocycles. The monoisotopic (exact) mass is 384 g/mol. The molecule has 0 aliphatic rings.